The van der Waals surface area contributed by atoms with Crippen molar-refractivity contribution >= 4 is 16.7 Å². The van der Waals surface area contributed by atoms with Crippen LogP contribution in [-0.4, -0.2) is 0 Å². The van der Waals surface area contributed by atoms with Gasteiger partial charge in [0.15, 0.2) is 0 Å². The van der Waals surface area contributed by atoms with Crippen LogP contribution in [0.4, 0.5) is 5.69 Å². The Hall–Kier alpha value is -2.22. The molecule has 90 valence electrons. The molecule has 3 aromatic rings. The lowest BCUT2D eigenvalue weighted by molar-refractivity contribution is 0.631. The zero-order valence-electron chi connectivity index (χ0n) is 10.5. The number of nitrogens with two attached hydrogens (primary N) is 1. The number of benzene rings is 2. The predicted octanol–water partition coefficient (Wildman–Crippen LogP) is 4.30. The first-order chi connectivity index (χ1) is 8.63. The van der Waals surface area contributed by atoms with Crippen molar-refractivity contribution in [1.82, 2.24) is 0 Å². The molecule has 2 nitrogen and oxygen atoms in total. The highest BCUT2D eigenvalue weighted by Crippen LogP contribution is 2.30. The Morgan fingerprint density at radius 1 is 0.944 bits per heavy atom. The molecule has 0 aliphatic carbocycles. The van der Waals surface area contributed by atoms with E-state index in [1.54, 1.807) is 0 Å². The predicted molar refractivity (Wildman–Crippen MR) is 75.5 cm³/mol. The molecule has 1 heterocycles. The van der Waals surface area contributed by atoms with Crippen LogP contribution >= 0.6 is 0 Å². The van der Waals surface area contributed by atoms with Crippen molar-refractivity contribution in [2.75, 3.05) is 5.73 Å². The molecule has 0 unspecified atom stereocenters. The molecule has 0 amide bonds. The average Bonchev–Trinajstić information content (AvgIpc) is 2.75. The van der Waals surface area contributed by atoms with Crippen LogP contribution in [0.2, 0.25) is 0 Å². The first-order valence-electron chi connectivity index (χ1n) is 6.00. The van der Waals surface area contributed by atoms with Crippen LogP contribution in [0, 0.1) is 13.8 Å². The molecular weight excluding hydrogens is 222 g/mol. The molecule has 0 saturated heterocycles. The number of aryl methyl sites for hydroxylation is 2. The number of hydrogen-bond acceptors (Lipinski definition) is 2. The van der Waals surface area contributed by atoms with Gasteiger partial charge in [-0.3, -0.25) is 0 Å². The zero-order chi connectivity index (χ0) is 12.7. The van der Waals surface area contributed by atoms with Crippen LogP contribution < -0.4 is 5.73 Å². The van der Waals surface area contributed by atoms with Crippen molar-refractivity contribution in [2.24, 2.45) is 0 Å². The molecular formula is C16H15NO. The summed E-state index contributed by atoms with van der Waals surface area (Å²) in [6, 6.07) is 14.3. The summed E-state index contributed by atoms with van der Waals surface area (Å²) in [6.45, 7) is 4.08. The first kappa shape index (κ1) is 10.9. The van der Waals surface area contributed by atoms with Crippen molar-refractivity contribution in [3.63, 3.8) is 0 Å². The molecule has 0 fully saturated rings. The minimum atomic E-state index is 0.795. The Bertz CT molecular complexity index is 725. The number of nitrogen functional groups attached to an aromatic ring is 1. The number of rotatable bonds is 1. The SMILES string of the molecule is Cc1ccc2oc(-c3ccc(C)c(N)c3)cc2c1. The molecule has 2 heteroatoms. The van der Waals surface area contributed by atoms with E-state index in [0.717, 1.165) is 33.5 Å². The molecule has 2 aromatic carbocycles. The lowest BCUT2D eigenvalue weighted by atomic mass is 10.1. The van der Waals surface area contributed by atoms with E-state index >= 15 is 0 Å². The van der Waals surface area contributed by atoms with Crippen molar-refractivity contribution in [3.8, 4) is 11.3 Å². The lowest BCUT2D eigenvalue weighted by Gasteiger charge is -2.01. The largest absolute Gasteiger partial charge is 0.456 e. The van der Waals surface area contributed by atoms with Crippen LogP contribution in [-0.2, 0) is 0 Å². The minimum absolute atomic E-state index is 0.795. The van der Waals surface area contributed by atoms with Gasteiger partial charge in [-0.25, -0.2) is 0 Å². The monoisotopic (exact) mass is 237 g/mol. The third-order valence-corrected chi connectivity index (χ3v) is 3.24. The first-order valence-corrected chi connectivity index (χ1v) is 6.00. The second-order valence-electron chi connectivity index (χ2n) is 4.72. The van der Waals surface area contributed by atoms with Crippen LogP contribution in [0.25, 0.3) is 22.3 Å². The van der Waals surface area contributed by atoms with Gasteiger partial charge in [-0.05, 0) is 43.7 Å². The molecule has 3 rings (SSSR count). The quantitative estimate of drug-likeness (QED) is 0.641. The molecule has 0 bridgehead atoms. The smallest absolute Gasteiger partial charge is 0.135 e. The summed E-state index contributed by atoms with van der Waals surface area (Å²) in [5.41, 5.74) is 11.0. The Balaban J connectivity index is 2.16. The summed E-state index contributed by atoms with van der Waals surface area (Å²) in [5.74, 6) is 0.863. The summed E-state index contributed by atoms with van der Waals surface area (Å²) in [5, 5.41) is 1.13. The van der Waals surface area contributed by atoms with Gasteiger partial charge in [-0.1, -0.05) is 23.8 Å². The second-order valence-corrected chi connectivity index (χ2v) is 4.72. The van der Waals surface area contributed by atoms with Gasteiger partial charge >= 0.3 is 0 Å². The number of fused-ring (bicyclic) bond motifs is 1. The van der Waals surface area contributed by atoms with E-state index in [1.165, 1.54) is 5.56 Å². The van der Waals surface area contributed by atoms with Crippen molar-refractivity contribution in [1.29, 1.82) is 0 Å². The van der Waals surface area contributed by atoms with Crippen LogP contribution in [0.1, 0.15) is 11.1 Å². The highest BCUT2D eigenvalue weighted by molar-refractivity contribution is 5.84. The van der Waals surface area contributed by atoms with E-state index in [2.05, 4.69) is 25.1 Å². The van der Waals surface area contributed by atoms with Gasteiger partial charge in [0.1, 0.15) is 11.3 Å². The number of furan rings is 1. The number of anilines is 1. The lowest BCUT2D eigenvalue weighted by Crippen LogP contribution is -1.89. The Morgan fingerprint density at radius 3 is 2.56 bits per heavy atom. The third-order valence-electron chi connectivity index (χ3n) is 3.24. The number of hydrogen-bond donors (Lipinski definition) is 1. The third kappa shape index (κ3) is 1.76. The average molecular weight is 237 g/mol. The Labute approximate surface area is 106 Å². The molecule has 0 spiro atoms. The van der Waals surface area contributed by atoms with E-state index in [0.29, 0.717) is 0 Å². The molecule has 0 saturated carbocycles. The maximum absolute atomic E-state index is 5.93. The fourth-order valence-corrected chi connectivity index (χ4v) is 2.10. The van der Waals surface area contributed by atoms with E-state index in [-0.39, 0.29) is 0 Å². The molecule has 0 aliphatic heterocycles. The molecule has 0 radical (unpaired) electrons. The second kappa shape index (κ2) is 3.91. The molecule has 0 atom stereocenters. The van der Waals surface area contributed by atoms with Gasteiger partial charge in [0.25, 0.3) is 0 Å². The van der Waals surface area contributed by atoms with Gasteiger partial charge in [0, 0.05) is 16.6 Å². The van der Waals surface area contributed by atoms with Gasteiger partial charge in [-0.15, -0.1) is 0 Å². The highest BCUT2D eigenvalue weighted by Gasteiger charge is 2.07. The molecule has 0 aliphatic rings. The van der Waals surface area contributed by atoms with Crippen molar-refractivity contribution < 1.29 is 4.42 Å². The fraction of sp³-hybridized carbons (Fsp3) is 0.125. The standard InChI is InChI=1S/C16H15NO/c1-10-3-6-15-13(7-10)9-16(18-15)12-5-4-11(2)14(17)8-12/h3-9H,17H2,1-2H3. The maximum Gasteiger partial charge on any atom is 0.135 e. The normalized spacial score (nSPS) is 11.0. The van der Waals surface area contributed by atoms with E-state index in [4.69, 9.17) is 10.2 Å². The summed E-state index contributed by atoms with van der Waals surface area (Å²) in [6.07, 6.45) is 0. The van der Waals surface area contributed by atoms with Gasteiger partial charge in [-0.2, -0.15) is 0 Å². The van der Waals surface area contributed by atoms with E-state index in [9.17, 15) is 0 Å². The fourth-order valence-electron chi connectivity index (χ4n) is 2.10. The van der Waals surface area contributed by atoms with Gasteiger partial charge in [0.05, 0.1) is 0 Å². The van der Waals surface area contributed by atoms with E-state index < -0.39 is 0 Å². The highest BCUT2D eigenvalue weighted by atomic mass is 16.3. The Morgan fingerprint density at radius 2 is 1.78 bits per heavy atom. The molecule has 1 aromatic heterocycles. The summed E-state index contributed by atoms with van der Waals surface area (Å²) >= 11 is 0. The maximum atomic E-state index is 5.93. The molecule has 18 heavy (non-hydrogen) atoms. The van der Waals surface area contributed by atoms with Crippen LogP contribution in [0.15, 0.2) is 46.9 Å². The topological polar surface area (TPSA) is 39.2 Å². The van der Waals surface area contributed by atoms with Crippen molar-refractivity contribution in [2.45, 2.75) is 13.8 Å². The van der Waals surface area contributed by atoms with Crippen LogP contribution in [0.5, 0.6) is 0 Å². The summed E-state index contributed by atoms with van der Waals surface area (Å²) in [4.78, 5) is 0. The van der Waals surface area contributed by atoms with Crippen molar-refractivity contribution in [3.05, 3.63) is 53.6 Å². The van der Waals surface area contributed by atoms with E-state index in [1.807, 2.05) is 31.2 Å². The van der Waals surface area contributed by atoms with Crippen LogP contribution in [0.3, 0.4) is 0 Å². The zero-order valence-corrected chi connectivity index (χ0v) is 10.5. The summed E-state index contributed by atoms with van der Waals surface area (Å²) < 4.78 is 5.85. The molecule has 2 N–H and O–H groups in total. The summed E-state index contributed by atoms with van der Waals surface area (Å²) in [7, 11) is 0. The minimum Gasteiger partial charge on any atom is -0.456 e. The van der Waals surface area contributed by atoms with Gasteiger partial charge < -0.3 is 10.2 Å². The van der Waals surface area contributed by atoms with Gasteiger partial charge in [0.2, 0.25) is 0 Å². The Kier molecular flexibility index (Phi) is 2.37.